The van der Waals surface area contributed by atoms with Crippen LogP contribution in [-0.2, 0) is 21.2 Å². The lowest BCUT2D eigenvalue weighted by Crippen LogP contribution is -2.42. The van der Waals surface area contributed by atoms with Crippen LogP contribution in [0.4, 0.5) is 0 Å². The zero-order valence-corrected chi connectivity index (χ0v) is 15.7. The minimum atomic E-state index is -4.25. The monoisotopic (exact) mass is 402 g/mol. The molecule has 28 heavy (non-hydrogen) atoms. The Morgan fingerprint density at radius 3 is 2.54 bits per heavy atom. The Morgan fingerprint density at radius 2 is 1.86 bits per heavy atom. The summed E-state index contributed by atoms with van der Waals surface area (Å²) in [4.78, 5) is 25.6. The molecular formula is C19H18N2O6S. The van der Waals surface area contributed by atoms with Crippen molar-refractivity contribution in [2.75, 3.05) is 0 Å². The van der Waals surface area contributed by atoms with Crippen LogP contribution < -0.4 is 4.72 Å². The molecule has 0 saturated carbocycles. The molecule has 0 bridgehead atoms. The van der Waals surface area contributed by atoms with Crippen LogP contribution in [0.2, 0.25) is 0 Å². The number of sulfonamides is 1. The number of carboxylic acids is 2. The van der Waals surface area contributed by atoms with E-state index in [0.717, 1.165) is 17.0 Å². The summed E-state index contributed by atoms with van der Waals surface area (Å²) in [6.07, 6.45) is 1.57. The van der Waals surface area contributed by atoms with Crippen molar-refractivity contribution in [3.63, 3.8) is 0 Å². The Bertz CT molecular complexity index is 1170. The van der Waals surface area contributed by atoms with E-state index >= 15 is 0 Å². The molecule has 8 nitrogen and oxygen atoms in total. The summed E-state index contributed by atoms with van der Waals surface area (Å²) < 4.78 is 27.7. The highest BCUT2D eigenvalue weighted by Crippen LogP contribution is 2.21. The molecule has 3 aromatic rings. The Kier molecular flexibility index (Phi) is 5.21. The van der Waals surface area contributed by atoms with Gasteiger partial charge in [0, 0.05) is 23.5 Å². The molecule has 0 saturated heterocycles. The van der Waals surface area contributed by atoms with Crippen molar-refractivity contribution in [1.82, 2.24) is 9.71 Å². The number of hydrogen-bond donors (Lipinski definition) is 4. The summed E-state index contributed by atoms with van der Waals surface area (Å²) in [7, 11) is -4.25. The number of aromatic nitrogens is 1. The first-order chi connectivity index (χ1) is 13.2. The van der Waals surface area contributed by atoms with Crippen molar-refractivity contribution >= 4 is 32.9 Å². The molecule has 3 rings (SSSR count). The molecule has 0 spiro atoms. The van der Waals surface area contributed by atoms with Gasteiger partial charge < -0.3 is 15.2 Å². The molecule has 2 aromatic carbocycles. The fraction of sp³-hybridized carbons (Fsp3) is 0.158. The van der Waals surface area contributed by atoms with Crippen molar-refractivity contribution in [2.24, 2.45) is 0 Å². The number of aryl methyl sites for hydroxylation is 1. The molecule has 1 heterocycles. The largest absolute Gasteiger partial charge is 0.480 e. The second-order valence-electron chi connectivity index (χ2n) is 6.36. The minimum absolute atomic E-state index is 0.0732. The lowest BCUT2D eigenvalue weighted by molar-refractivity contribution is -0.138. The second-order valence-corrected chi connectivity index (χ2v) is 8.04. The van der Waals surface area contributed by atoms with E-state index in [1.165, 1.54) is 19.1 Å². The molecule has 146 valence electrons. The third-order valence-electron chi connectivity index (χ3n) is 4.42. The summed E-state index contributed by atoms with van der Waals surface area (Å²) >= 11 is 0. The molecular weight excluding hydrogens is 384 g/mol. The molecule has 0 aliphatic rings. The Morgan fingerprint density at radius 1 is 1.14 bits per heavy atom. The number of H-pyrrole nitrogens is 1. The van der Waals surface area contributed by atoms with Crippen LogP contribution >= 0.6 is 0 Å². The van der Waals surface area contributed by atoms with Gasteiger partial charge in [0.2, 0.25) is 10.0 Å². The maximum Gasteiger partial charge on any atom is 0.335 e. The number of fused-ring (bicyclic) bond motifs is 1. The first kappa shape index (κ1) is 19.6. The Hall–Kier alpha value is -3.17. The Labute approximate surface area is 160 Å². The topological polar surface area (TPSA) is 137 Å². The smallest absolute Gasteiger partial charge is 0.335 e. The van der Waals surface area contributed by atoms with E-state index < -0.39 is 28.0 Å². The lowest BCUT2D eigenvalue weighted by atomic mass is 10.1. The van der Waals surface area contributed by atoms with E-state index in [1.807, 2.05) is 18.2 Å². The zero-order valence-electron chi connectivity index (χ0n) is 14.8. The highest BCUT2D eigenvalue weighted by atomic mass is 32.2. The highest BCUT2D eigenvalue weighted by molar-refractivity contribution is 7.89. The fourth-order valence-electron chi connectivity index (χ4n) is 2.97. The lowest BCUT2D eigenvalue weighted by Gasteiger charge is -2.16. The van der Waals surface area contributed by atoms with Gasteiger partial charge in [-0.15, -0.1) is 0 Å². The number of para-hydroxylation sites is 1. The number of carbonyl (C=O) groups is 2. The van der Waals surface area contributed by atoms with E-state index in [1.54, 1.807) is 12.3 Å². The maximum absolute atomic E-state index is 12.8. The van der Waals surface area contributed by atoms with Gasteiger partial charge in [-0.2, -0.15) is 4.72 Å². The number of hydrogen-bond acceptors (Lipinski definition) is 4. The molecule has 0 amide bonds. The highest BCUT2D eigenvalue weighted by Gasteiger charge is 2.28. The van der Waals surface area contributed by atoms with Crippen molar-refractivity contribution in [3.05, 3.63) is 65.4 Å². The third-order valence-corrected chi connectivity index (χ3v) is 6.03. The molecule has 0 aliphatic carbocycles. The molecule has 0 aliphatic heterocycles. The normalized spacial score (nSPS) is 12.8. The van der Waals surface area contributed by atoms with Crippen LogP contribution in [-0.4, -0.2) is 41.6 Å². The number of benzene rings is 2. The van der Waals surface area contributed by atoms with Crippen LogP contribution in [0.15, 0.2) is 53.6 Å². The van der Waals surface area contributed by atoms with Gasteiger partial charge >= 0.3 is 11.9 Å². The molecule has 9 heteroatoms. The van der Waals surface area contributed by atoms with Crippen LogP contribution in [0, 0.1) is 6.92 Å². The van der Waals surface area contributed by atoms with E-state index in [-0.39, 0.29) is 16.9 Å². The number of aromatic carboxylic acids is 1. The summed E-state index contributed by atoms with van der Waals surface area (Å²) in [6.45, 7) is 1.51. The molecule has 0 unspecified atom stereocenters. The number of carboxylic acid groups (broad SMARTS) is 2. The first-order valence-electron chi connectivity index (χ1n) is 8.33. The number of aliphatic carboxylic acids is 1. The van der Waals surface area contributed by atoms with Gasteiger partial charge in [-0.25, -0.2) is 13.2 Å². The fourth-order valence-corrected chi connectivity index (χ4v) is 4.43. The second kappa shape index (κ2) is 7.45. The first-order valence-corrected chi connectivity index (χ1v) is 9.81. The van der Waals surface area contributed by atoms with Gasteiger partial charge in [-0.1, -0.05) is 24.3 Å². The molecule has 1 atom stereocenters. The third kappa shape index (κ3) is 3.90. The van der Waals surface area contributed by atoms with Gasteiger partial charge in [-0.3, -0.25) is 4.79 Å². The van der Waals surface area contributed by atoms with Crippen LogP contribution in [0.25, 0.3) is 10.9 Å². The summed E-state index contributed by atoms with van der Waals surface area (Å²) in [5.41, 5.74) is 1.58. The summed E-state index contributed by atoms with van der Waals surface area (Å²) in [5.74, 6) is -2.61. The zero-order chi connectivity index (χ0) is 20.5. The van der Waals surface area contributed by atoms with E-state index in [4.69, 9.17) is 5.11 Å². The van der Waals surface area contributed by atoms with E-state index in [2.05, 4.69) is 9.71 Å². The van der Waals surface area contributed by atoms with Crippen molar-refractivity contribution in [1.29, 1.82) is 0 Å². The maximum atomic E-state index is 12.8. The molecule has 4 N–H and O–H groups in total. The predicted octanol–water partition coefficient (Wildman–Crippen LogP) is 2.15. The van der Waals surface area contributed by atoms with Crippen molar-refractivity contribution < 1.29 is 28.2 Å². The quantitative estimate of drug-likeness (QED) is 0.478. The average molecular weight is 402 g/mol. The van der Waals surface area contributed by atoms with Gasteiger partial charge in [0.15, 0.2) is 0 Å². The summed E-state index contributed by atoms with van der Waals surface area (Å²) in [6, 6.07) is 9.54. The van der Waals surface area contributed by atoms with Crippen molar-refractivity contribution in [2.45, 2.75) is 24.3 Å². The predicted molar refractivity (Wildman–Crippen MR) is 102 cm³/mol. The van der Waals surface area contributed by atoms with Crippen molar-refractivity contribution in [3.8, 4) is 0 Å². The minimum Gasteiger partial charge on any atom is -0.480 e. The van der Waals surface area contributed by atoms with Gasteiger partial charge in [0.05, 0.1) is 10.5 Å². The summed E-state index contributed by atoms with van der Waals surface area (Å²) in [5, 5.41) is 19.4. The van der Waals surface area contributed by atoms with E-state index in [0.29, 0.717) is 11.1 Å². The van der Waals surface area contributed by atoms with Crippen LogP contribution in [0.1, 0.15) is 21.5 Å². The number of aromatic amines is 1. The average Bonchev–Trinajstić information content (AvgIpc) is 3.04. The van der Waals surface area contributed by atoms with Crippen LogP contribution in [0.5, 0.6) is 0 Å². The molecule has 1 aromatic heterocycles. The molecule has 0 radical (unpaired) electrons. The number of rotatable bonds is 7. The standard InChI is InChI=1S/C19H18N2O6S/c1-11-6-7-12(18(22)23)9-17(11)28(26,27)21-16(19(24)25)8-13-10-20-15-5-3-2-4-14(13)15/h2-7,9-10,16,20-21H,8H2,1H3,(H,22,23)(H,24,25)/t16-/m1/s1. The SMILES string of the molecule is Cc1ccc(C(=O)O)cc1S(=O)(=O)N[C@H](Cc1c[nH]c2ccccc12)C(=O)O. The Balaban J connectivity index is 1.93. The number of nitrogens with one attached hydrogen (secondary N) is 2. The van der Waals surface area contributed by atoms with Gasteiger partial charge in [0.25, 0.3) is 0 Å². The van der Waals surface area contributed by atoms with E-state index in [9.17, 15) is 23.1 Å². The molecule has 0 fully saturated rings. The van der Waals surface area contributed by atoms with Crippen LogP contribution in [0.3, 0.4) is 0 Å². The van der Waals surface area contributed by atoms with Gasteiger partial charge in [0.1, 0.15) is 6.04 Å². The van der Waals surface area contributed by atoms with Gasteiger partial charge in [-0.05, 0) is 36.2 Å².